The molecule has 14 heavy (non-hydrogen) atoms. The van der Waals surface area contributed by atoms with E-state index in [1.54, 1.807) is 6.07 Å². The van der Waals surface area contributed by atoms with Gasteiger partial charge in [-0.15, -0.1) is 0 Å². The predicted molar refractivity (Wildman–Crippen MR) is 56.6 cm³/mol. The average molecular weight is 202 g/mol. The van der Waals surface area contributed by atoms with Crippen LogP contribution in [0.4, 0.5) is 5.82 Å². The van der Waals surface area contributed by atoms with E-state index in [2.05, 4.69) is 27.5 Å². The Bertz CT molecular complexity index is 472. The molecule has 68 valence electrons. The van der Waals surface area contributed by atoms with Crippen LogP contribution in [-0.2, 0) is 0 Å². The predicted octanol–water partition coefficient (Wildman–Crippen LogP) is 3.08. The second-order valence-electron chi connectivity index (χ2n) is 2.62. The van der Waals surface area contributed by atoms with Gasteiger partial charge in [-0.2, -0.15) is 4.99 Å². The summed E-state index contributed by atoms with van der Waals surface area (Å²) >= 11 is 4.46. The third-order valence-electron chi connectivity index (χ3n) is 1.72. The van der Waals surface area contributed by atoms with Gasteiger partial charge in [0.2, 0.25) is 5.82 Å². The molecule has 0 spiro atoms. The minimum atomic E-state index is 0.443. The van der Waals surface area contributed by atoms with Crippen molar-refractivity contribution in [1.82, 2.24) is 5.16 Å². The first-order valence-corrected chi connectivity index (χ1v) is 4.41. The molecule has 1 heterocycles. The summed E-state index contributed by atoms with van der Waals surface area (Å²) in [6.07, 6.45) is 0. The van der Waals surface area contributed by atoms with Crippen molar-refractivity contribution in [3.05, 3.63) is 36.4 Å². The van der Waals surface area contributed by atoms with Gasteiger partial charge in [-0.25, -0.2) is 0 Å². The lowest BCUT2D eigenvalue weighted by Gasteiger charge is -1.90. The lowest BCUT2D eigenvalue weighted by molar-refractivity contribution is 0.434. The Kier molecular flexibility index (Phi) is 2.49. The zero-order chi connectivity index (χ0) is 9.80. The monoisotopic (exact) mass is 202 g/mol. The van der Waals surface area contributed by atoms with Gasteiger partial charge in [0.05, 0.1) is 5.16 Å². The minimum Gasteiger partial charge on any atom is -0.354 e. The van der Waals surface area contributed by atoms with Crippen molar-refractivity contribution in [1.29, 1.82) is 0 Å². The summed E-state index contributed by atoms with van der Waals surface area (Å²) < 4.78 is 5.07. The van der Waals surface area contributed by atoms with Gasteiger partial charge in [0.15, 0.2) is 5.76 Å². The smallest absolute Gasteiger partial charge is 0.205 e. The summed E-state index contributed by atoms with van der Waals surface area (Å²) in [6.45, 7) is 0. The highest BCUT2D eigenvalue weighted by Gasteiger charge is 2.03. The number of aromatic nitrogens is 1. The van der Waals surface area contributed by atoms with Crippen LogP contribution in [0.5, 0.6) is 0 Å². The van der Waals surface area contributed by atoms with E-state index in [-0.39, 0.29) is 0 Å². The molecule has 0 atom stereocenters. The summed E-state index contributed by atoms with van der Waals surface area (Å²) in [5, 5.41) is 5.95. The molecule has 1 aromatic heterocycles. The molecular formula is C10H6N2OS. The van der Waals surface area contributed by atoms with Crippen LogP contribution in [-0.4, -0.2) is 10.3 Å². The molecule has 0 aliphatic carbocycles. The number of nitrogens with zero attached hydrogens (tertiary/aromatic N) is 2. The van der Waals surface area contributed by atoms with Crippen molar-refractivity contribution in [2.45, 2.75) is 0 Å². The van der Waals surface area contributed by atoms with E-state index in [9.17, 15) is 0 Å². The van der Waals surface area contributed by atoms with Crippen LogP contribution in [0, 0.1) is 0 Å². The number of benzene rings is 1. The minimum absolute atomic E-state index is 0.443. The van der Waals surface area contributed by atoms with E-state index in [0.717, 1.165) is 5.56 Å². The van der Waals surface area contributed by atoms with E-state index in [0.29, 0.717) is 11.6 Å². The highest BCUT2D eigenvalue weighted by molar-refractivity contribution is 7.78. The fraction of sp³-hybridized carbons (Fsp3) is 0. The van der Waals surface area contributed by atoms with E-state index in [1.807, 2.05) is 30.3 Å². The molecule has 3 nitrogen and oxygen atoms in total. The number of hydrogen-bond donors (Lipinski definition) is 0. The Morgan fingerprint density at radius 3 is 2.79 bits per heavy atom. The summed E-state index contributed by atoms with van der Waals surface area (Å²) in [7, 11) is 0. The normalized spacial score (nSPS) is 9.43. The third kappa shape index (κ3) is 1.76. The molecule has 0 saturated carbocycles. The van der Waals surface area contributed by atoms with Crippen molar-refractivity contribution in [3.63, 3.8) is 0 Å². The molecule has 0 fully saturated rings. The van der Waals surface area contributed by atoms with Crippen LogP contribution in [0.15, 0.2) is 45.9 Å². The molecule has 0 bridgehead atoms. The zero-order valence-electron chi connectivity index (χ0n) is 7.18. The SMILES string of the molecule is S=C=Nc1cc(-c2ccccc2)on1. The Morgan fingerprint density at radius 2 is 2.07 bits per heavy atom. The van der Waals surface area contributed by atoms with Gasteiger partial charge >= 0.3 is 0 Å². The van der Waals surface area contributed by atoms with Gasteiger partial charge in [0.1, 0.15) is 0 Å². The largest absolute Gasteiger partial charge is 0.354 e. The topological polar surface area (TPSA) is 38.4 Å². The number of rotatable bonds is 2. The van der Waals surface area contributed by atoms with Crippen molar-refractivity contribution >= 4 is 23.2 Å². The van der Waals surface area contributed by atoms with Crippen LogP contribution in [0.2, 0.25) is 0 Å². The molecule has 0 amide bonds. The fourth-order valence-corrected chi connectivity index (χ4v) is 1.20. The Hall–Kier alpha value is -1.77. The molecule has 2 aromatic rings. The van der Waals surface area contributed by atoms with E-state index in [4.69, 9.17) is 4.52 Å². The van der Waals surface area contributed by atoms with Crippen molar-refractivity contribution in [2.24, 2.45) is 4.99 Å². The summed E-state index contributed by atoms with van der Waals surface area (Å²) in [6, 6.07) is 11.4. The van der Waals surface area contributed by atoms with E-state index >= 15 is 0 Å². The molecule has 2 rings (SSSR count). The lowest BCUT2D eigenvalue weighted by Crippen LogP contribution is -1.69. The standard InChI is InChI=1S/C10H6N2OS/c14-7-11-10-6-9(13-12-10)8-4-2-1-3-5-8/h1-6H. The zero-order valence-corrected chi connectivity index (χ0v) is 7.99. The Balaban J connectivity index is 2.39. The number of thiocarbonyl (C=S) groups is 1. The van der Waals surface area contributed by atoms with Gasteiger partial charge < -0.3 is 4.52 Å². The van der Waals surface area contributed by atoms with Crippen LogP contribution in [0.3, 0.4) is 0 Å². The van der Waals surface area contributed by atoms with Crippen molar-refractivity contribution < 1.29 is 4.52 Å². The highest BCUT2D eigenvalue weighted by Crippen LogP contribution is 2.22. The van der Waals surface area contributed by atoms with Crippen LogP contribution in [0.1, 0.15) is 0 Å². The number of isothiocyanates is 1. The molecule has 0 N–H and O–H groups in total. The maximum atomic E-state index is 5.07. The average Bonchev–Trinajstić information content (AvgIpc) is 2.68. The maximum absolute atomic E-state index is 5.07. The van der Waals surface area contributed by atoms with Crippen LogP contribution < -0.4 is 0 Å². The van der Waals surface area contributed by atoms with E-state index < -0.39 is 0 Å². The molecule has 0 saturated heterocycles. The van der Waals surface area contributed by atoms with Gasteiger partial charge in [-0.3, -0.25) is 0 Å². The van der Waals surface area contributed by atoms with Gasteiger partial charge in [-0.1, -0.05) is 35.5 Å². The third-order valence-corrected chi connectivity index (χ3v) is 1.81. The molecule has 0 aliphatic heterocycles. The Labute approximate surface area is 86.1 Å². The molecule has 4 heteroatoms. The quantitative estimate of drug-likeness (QED) is 0.555. The molecule has 1 aromatic carbocycles. The Morgan fingerprint density at radius 1 is 1.29 bits per heavy atom. The summed E-state index contributed by atoms with van der Waals surface area (Å²) in [4.78, 5) is 3.71. The van der Waals surface area contributed by atoms with Crippen molar-refractivity contribution in [2.75, 3.05) is 0 Å². The molecule has 0 radical (unpaired) electrons. The van der Waals surface area contributed by atoms with E-state index in [1.165, 1.54) is 0 Å². The van der Waals surface area contributed by atoms with Crippen LogP contribution in [0.25, 0.3) is 11.3 Å². The number of hydrogen-bond acceptors (Lipinski definition) is 4. The fourth-order valence-electron chi connectivity index (χ4n) is 1.10. The highest BCUT2D eigenvalue weighted by atomic mass is 32.1. The molecule has 0 aliphatic rings. The van der Waals surface area contributed by atoms with Crippen LogP contribution >= 0.6 is 12.2 Å². The lowest BCUT2D eigenvalue weighted by atomic mass is 10.2. The van der Waals surface area contributed by atoms with Gasteiger partial charge in [-0.05, 0) is 12.2 Å². The first-order valence-electron chi connectivity index (χ1n) is 4.00. The number of aliphatic imine (C=N–C) groups is 1. The first-order chi connectivity index (χ1) is 6.90. The van der Waals surface area contributed by atoms with Gasteiger partial charge in [0, 0.05) is 11.6 Å². The van der Waals surface area contributed by atoms with Crippen molar-refractivity contribution in [3.8, 4) is 11.3 Å². The second kappa shape index (κ2) is 3.96. The summed E-state index contributed by atoms with van der Waals surface area (Å²) in [5.74, 6) is 1.12. The first kappa shape index (κ1) is 8.81. The summed E-state index contributed by atoms with van der Waals surface area (Å²) in [5.41, 5.74) is 0.964. The second-order valence-corrected chi connectivity index (χ2v) is 2.80. The molecule has 0 unspecified atom stereocenters. The maximum Gasteiger partial charge on any atom is 0.205 e. The van der Waals surface area contributed by atoms with Gasteiger partial charge in [0.25, 0.3) is 0 Å². The molecular weight excluding hydrogens is 196 g/mol.